The van der Waals surface area contributed by atoms with E-state index in [-0.39, 0.29) is 6.10 Å². The summed E-state index contributed by atoms with van der Waals surface area (Å²) in [5.41, 5.74) is 0.899. The van der Waals surface area contributed by atoms with Crippen molar-refractivity contribution in [3.05, 3.63) is 17.5 Å². The molecule has 0 atom stereocenters. The minimum Gasteiger partial charge on any atom is -0.376 e. The summed E-state index contributed by atoms with van der Waals surface area (Å²) < 4.78 is 15.5. The van der Waals surface area contributed by atoms with Gasteiger partial charge in [0.05, 0.1) is 18.9 Å². The van der Waals surface area contributed by atoms with Gasteiger partial charge in [0.15, 0.2) is 5.76 Å². The first-order chi connectivity index (χ1) is 6.88. The van der Waals surface area contributed by atoms with Gasteiger partial charge in [-0.3, -0.25) is 0 Å². The lowest BCUT2D eigenvalue weighted by Gasteiger charge is -2.25. The van der Waals surface area contributed by atoms with Crippen molar-refractivity contribution < 1.29 is 14.0 Å². The minimum absolute atomic E-state index is 0.229. The first kappa shape index (κ1) is 9.64. The van der Waals surface area contributed by atoms with Crippen LogP contribution in [0.1, 0.15) is 11.5 Å². The largest absolute Gasteiger partial charge is 0.376 e. The normalized spacial score (nSPS) is 16.9. The van der Waals surface area contributed by atoms with E-state index in [9.17, 15) is 0 Å². The fourth-order valence-electron chi connectivity index (χ4n) is 1.20. The fourth-order valence-corrected chi connectivity index (χ4v) is 1.20. The average molecular weight is 198 g/mol. The van der Waals surface area contributed by atoms with Gasteiger partial charge in [-0.25, -0.2) is 0 Å². The van der Waals surface area contributed by atoms with Gasteiger partial charge >= 0.3 is 0 Å². The second kappa shape index (κ2) is 4.54. The zero-order valence-corrected chi connectivity index (χ0v) is 8.16. The first-order valence-corrected chi connectivity index (χ1v) is 4.67. The van der Waals surface area contributed by atoms with Gasteiger partial charge in [-0.15, -0.1) is 0 Å². The molecule has 2 rings (SSSR count). The lowest BCUT2D eigenvalue weighted by molar-refractivity contribution is -0.138. The number of rotatable bonds is 5. The Morgan fingerprint density at radius 2 is 2.50 bits per heavy atom. The maximum atomic E-state index is 5.48. The molecule has 14 heavy (non-hydrogen) atoms. The van der Waals surface area contributed by atoms with Crippen molar-refractivity contribution >= 4 is 0 Å². The van der Waals surface area contributed by atoms with E-state index in [0.29, 0.717) is 19.8 Å². The average Bonchev–Trinajstić information content (AvgIpc) is 2.51. The van der Waals surface area contributed by atoms with Gasteiger partial charge in [0.1, 0.15) is 12.7 Å². The van der Waals surface area contributed by atoms with Crippen LogP contribution in [-0.2, 0) is 22.6 Å². The van der Waals surface area contributed by atoms with Crippen LogP contribution in [0.4, 0.5) is 0 Å². The van der Waals surface area contributed by atoms with Gasteiger partial charge in [-0.05, 0) is 7.05 Å². The number of hydrogen-bond acceptors (Lipinski definition) is 5. The smallest absolute Gasteiger partial charge is 0.162 e. The highest BCUT2D eigenvalue weighted by molar-refractivity contribution is 5.04. The molecule has 5 nitrogen and oxygen atoms in total. The number of nitrogens with one attached hydrogen (secondary N) is 1. The minimum atomic E-state index is 0.229. The molecule has 0 amide bonds. The van der Waals surface area contributed by atoms with E-state index in [0.717, 1.165) is 18.0 Å². The van der Waals surface area contributed by atoms with Crippen molar-refractivity contribution in [1.82, 2.24) is 10.5 Å². The second-order valence-electron chi connectivity index (χ2n) is 3.29. The molecule has 0 saturated carbocycles. The van der Waals surface area contributed by atoms with Gasteiger partial charge in [-0.1, -0.05) is 5.16 Å². The summed E-state index contributed by atoms with van der Waals surface area (Å²) in [4.78, 5) is 0. The molecule has 0 unspecified atom stereocenters. The Kier molecular flexibility index (Phi) is 3.13. The van der Waals surface area contributed by atoms with E-state index in [1.54, 1.807) is 0 Å². The second-order valence-corrected chi connectivity index (χ2v) is 3.29. The summed E-state index contributed by atoms with van der Waals surface area (Å²) in [6, 6.07) is 1.90. The highest BCUT2D eigenvalue weighted by Gasteiger charge is 2.19. The molecular formula is C9H14N2O3. The predicted octanol–water partition coefficient (Wildman–Crippen LogP) is 0.309. The summed E-state index contributed by atoms with van der Waals surface area (Å²) >= 11 is 0. The van der Waals surface area contributed by atoms with Crippen LogP contribution >= 0.6 is 0 Å². The maximum absolute atomic E-state index is 5.48. The maximum Gasteiger partial charge on any atom is 0.162 e. The highest BCUT2D eigenvalue weighted by atomic mass is 16.6. The lowest BCUT2D eigenvalue weighted by atomic mass is 10.3. The van der Waals surface area contributed by atoms with Crippen molar-refractivity contribution in [2.24, 2.45) is 0 Å². The molecule has 1 fully saturated rings. The van der Waals surface area contributed by atoms with Crippen LogP contribution in [-0.4, -0.2) is 31.5 Å². The number of hydrogen-bond donors (Lipinski definition) is 1. The van der Waals surface area contributed by atoms with Crippen molar-refractivity contribution in [3.63, 3.8) is 0 Å². The predicted molar refractivity (Wildman–Crippen MR) is 48.7 cm³/mol. The van der Waals surface area contributed by atoms with Gasteiger partial charge < -0.3 is 19.3 Å². The van der Waals surface area contributed by atoms with E-state index < -0.39 is 0 Å². The van der Waals surface area contributed by atoms with Crippen LogP contribution < -0.4 is 5.32 Å². The first-order valence-electron chi connectivity index (χ1n) is 4.67. The fraction of sp³-hybridized carbons (Fsp3) is 0.667. The third-order valence-corrected chi connectivity index (χ3v) is 2.03. The molecule has 0 spiro atoms. The van der Waals surface area contributed by atoms with Crippen molar-refractivity contribution in [2.45, 2.75) is 19.3 Å². The van der Waals surface area contributed by atoms with Crippen molar-refractivity contribution in [1.29, 1.82) is 0 Å². The van der Waals surface area contributed by atoms with Crippen molar-refractivity contribution in [2.75, 3.05) is 20.3 Å². The summed E-state index contributed by atoms with van der Waals surface area (Å²) in [7, 11) is 1.87. The Bertz CT molecular complexity index is 283. The topological polar surface area (TPSA) is 56.5 Å². The highest BCUT2D eigenvalue weighted by Crippen LogP contribution is 2.10. The molecule has 1 aliphatic heterocycles. The van der Waals surface area contributed by atoms with E-state index >= 15 is 0 Å². The Morgan fingerprint density at radius 3 is 3.14 bits per heavy atom. The summed E-state index contributed by atoms with van der Waals surface area (Å²) in [6.07, 6.45) is 0.229. The van der Waals surface area contributed by atoms with Gasteiger partial charge in [0.25, 0.3) is 0 Å². The molecular weight excluding hydrogens is 184 g/mol. The summed E-state index contributed by atoms with van der Waals surface area (Å²) in [5, 5.41) is 6.88. The Labute approximate surface area is 82.4 Å². The van der Waals surface area contributed by atoms with Crippen LogP contribution in [0.5, 0.6) is 0 Å². The molecule has 1 aromatic heterocycles. The third kappa shape index (κ3) is 2.31. The van der Waals surface area contributed by atoms with E-state index in [4.69, 9.17) is 14.0 Å². The van der Waals surface area contributed by atoms with Crippen LogP contribution in [0.25, 0.3) is 0 Å². The molecule has 1 saturated heterocycles. The molecule has 78 valence electrons. The van der Waals surface area contributed by atoms with E-state index in [1.165, 1.54) is 0 Å². The molecule has 0 radical (unpaired) electrons. The Hall–Kier alpha value is -0.910. The zero-order valence-electron chi connectivity index (χ0n) is 8.16. The summed E-state index contributed by atoms with van der Waals surface area (Å²) in [5.74, 6) is 0.766. The van der Waals surface area contributed by atoms with Gasteiger partial charge in [0, 0.05) is 12.6 Å². The van der Waals surface area contributed by atoms with E-state index in [1.807, 2.05) is 13.1 Å². The van der Waals surface area contributed by atoms with E-state index in [2.05, 4.69) is 10.5 Å². The SMILES string of the molecule is CNCc1cc(COC2COC2)on1. The van der Waals surface area contributed by atoms with Crippen LogP contribution in [0, 0.1) is 0 Å². The molecule has 1 aliphatic rings. The number of aromatic nitrogens is 1. The van der Waals surface area contributed by atoms with Crippen LogP contribution in [0.3, 0.4) is 0 Å². The molecule has 5 heteroatoms. The summed E-state index contributed by atoms with van der Waals surface area (Å²) in [6.45, 7) is 2.58. The molecule has 0 aliphatic carbocycles. The Balaban J connectivity index is 1.77. The standard InChI is InChI=1S/C9H14N2O3/c1-10-3-7-2-8(14-11-7)6-13-9-4-12-5-9/h2,9-10H,3-6H2,1H3. The zero-order chi connectivity index (χ0) is 9.80. The number of nitrogens with zero attached hydrogens (tertiary/aromatic N) is 1. The number of ether oxygens (including phenoxy) is 2. The molecule has 2 heterocycles. The Morgan fingerprint density at radius 1 is 1.64 bits per heavy atom. The molecule has 1 aromatic rings. The van der Waals surface area contributed by atoms with Gasteiger partial charge in [-0.2, -0.15) is 0 Å². The molecule has 1 N–H and O–H groups in total. The van der Waals surface area contributed by atoms with Crippen LogP contribution in [0.15, 0.2) is 10.6 Å². The van der Waals surface area contributed by atoms with Crippen molar-refractivity contribution in [3.8, 4) is 0 Å². The lowest BCUT2D eigenvalue weighted by Crippen LogP contribution is -2.35. The van der Waals surface area contributed by atoms with Crippen LogP contribution in [0.2, 0.25) is 0 Å². The van der Waals surface area contributed by atoms with Gasteiger partial charge in [0.2, 0.25) is 0 Å². The monoisotopic (exact) mass is 198 g/mol. The quantitative estimate of drug-likeness (QED) is 0.738. The third-order valence-electron chi connectivity index (χ3n) is 2.03. The molecule has 0 bridgehead atoms. The molecule has 0 aromatic carbocycles.